The summed E-state index contributed by atoms with van der Waals surface area (Å²) in [7, 11) is 0. The first-order valence-corrected chi connectivity index (χ1v) is 8.44. The minimum atomic E-state index is -0.513. The number of carbonyl (C=O) groups is 1. The lowest BCUT2D eigenvalue weighted by Gasteiger charge is -2.25. The van der Waals surface area contributed by atoms with E-state index in [1.54, 1.807) is 5.01 Å². The number of hydrazine groups is 1. The van der Waals surface area contributed by atoms with Crippen LogP contribution in [-0.2, 0) is 17.9 Å². The largest absolute Gasteiger partial charge is 0.306 e. The quantitative estimate of drug-likeness (QED) is 0.489. The van der Waals surface area contributed by atoms with E-state index in [0.717, 1.165) is 11.3 Å². The Morgan fingerprint density at radius 1 is 1.11 bits per heavy atom. The van der Waals surface area contributed by atoms with E-state index < -0.39 is 4.92 Å². The Kier molecular flexibility index (Phi) is 5.78. The maximum Gasteiger partial charge on any atom is 0.306 e. The number of nitrogens with zero attached hydrogens (tertiary/aromatic N) is 4. The molecule has 2 aromatic carbocycles. The predicted molar refractivity (Wildman–Crippen MR) is 101 cm³/mol. The monoisotopic (exact) mass is 365 g/mol. The van der Waals surface area contributed by atoms with Crippen molar-refractivity contribution >= 4 is 17.3 Å². The maximum atomic E-state index is 12.4. The van der Waals surface area contributed by atoms with Crippen LogP contribution < -0.4 is 10.4 Å². The van der Waals surface area contributed by atoms with Crippen LogP contribution in [0.4, 0.5) is 11.4 Å². The summed E-state index contributed by atoms with van der Waals surface area (Å²) in [6, 6.07) is 19.4. The molecule has 27 heavy (non-hydrogen) atoms. The van der Waals surface area contributed by atoms with Gasteiger partial charge < -0.3 is 0 Å². The molecular weight excluding hydrogens is 346 g/mol. The molecule has 3 aromatic rings. The normalized spacial score (nSPS) is 10.4. The number of carbonyl (C=O) groups excluding carboxylic acids is 1. The van der Waals surface area contributed by atoms with Crippen LogP contribution in [0, 0.1) is 10.1 Å². The van der Waals surface area contributed by atoms with E-state index in [2.05, 4.69) is 10.5 Å². The summed E-state index contributed by atoms with van der Waals surface area (Å²) in [6.07, 6.45) is 2.63. The summed E-state index contributed by atoms with van der Waals surface area (Å²) in [4.78, 5) is 22.6. The third-order valence-electron chi connectivity index (χ3n) is 3.91. The number of hydrogen-bond donors (Lipinski definition) is 1. The lowest BCUT2D eigenvalue weighted by molar-refractivity contribution is -0.385. The van der Waals surface area contributed by atoms with Crippen molar-refractivity contribution in [3.05, 3.63) is 88.7 Å². The molecule has 138 valence electrons. The number of rotatable bonds is 8. The molecule has 1 aromatic heterocycles. The molecular formula is C19H19N5O3. The standard InChI is InChI=1S/C19H19N5O3/c25-19(11-12-22-15-18(13-20-22)24(26)27)21-23(17-9-5-2-6-10-17)14-16-7-3-1-4-8-16/h1-10,13,15H,11-12,14H2,(H,21,25). The van der Waals surface area contributed by atoms with Crippen molar-refractivity contribution in [1.29, 1.82) is 0 Å². The van der Waals surface area contributed by atoms with Crippen LogP contribution in [0.5, 0.6) is 0 Å². The highest BCUT2D eigenvalue weighted by Crippen LogP contribution is 2.15. The van der Waals surface area contributed by atoms with Gasteiger partial charge in [0.25, 0.3) is 0 Å². The van der Waals surface area contributed by atoms with Gasteiger partial charge in [0.15, 0.2) is 0 Å². The van der Waals surface area contributed by atoms with E-state index in [1.807, 2.05) is 60.7 Å². The zero-order chi connectivity index (χ0) is 19.1. The van der Waals surface area contributed by atoms with Crippen molar-refractivity contribution in [2.24, 2.45) is 0 Å². The Bertz CT molecular complexity index is 896. The van der Waals surface area contributed by atoms with E-state index in [4.69, 9.17) is 0 Å². The minimum Gasteiger partial charge on any atom is -0.281 e. The number of anilines is 1. The maximum absolute atomic E-state index is 12.4. The van der Waals surface area contributed by atoms with Crippen molar-refractivity contribution in [2.75, 3.05) is 5.01 Å². The fourth-order valence-electron chi connectivity index (χ4n) is 2.56. The second-order valence-electron chi connectivity index (χ2n) is 5.91. The lowest BCUT2D eigenvalue weighted by atomic mass is 10.2. The van der Waals surface area contributed by atoms with Gasteiger partial charge in [0.1, 0.15) is 12.4 Å². The average Bonchev–Trinajstić information content (AvgIpc) is 3.17. The van der Waals surface area contributed by atoms with Gasteiger partial charge in [-0.25, -0.2) is 0 Å². The van der Waals surface area contributed by atoms with Crippen LogP contribution in [-0.4, -0.2) is 20.6 Å². The van der Waals surface area contributed by atoms with Crippen LogP contribution in [0.1, 0.15) is 12.0 Å². The Morgan fingerprint density at radius 3 is 2.41 bits per heavy atom. The van der Waals surface area contributed by atoms with E-state index in [-0.39, 0.29) is 24.6 Å². The van der Waals surface area contributed by atoms with Crippen molar-refractivity contribution in [1.82, 2.24) is 15.2 Å². The molecule has 8 nitrogen and oxygen atoms in total. The third kappa shape index (κ3) is 5.15. The number of para-hydroxylation sites is 1. The van der Waals surface area contributed by atoms with Gasteiger partial charge in [-0.05, 0) is 17.7 Å². The highest BCUT2D eigenvalue weighted by atomic mass is 16.6. The van der Waals surface area contributed by atoms with Gasteiger partial charge in [0.05, 0.1) is 23.7 Å². The van der Waals surface area contributed by atoms with Crippen LogP contribution in [0.2, 0.25) is 0 Å². The van der Waals surface area contributed by atoms with Gasteiger partial charge in [-0.2, -0.15) is 5.10 Å². The van der Waals surface area contributed by atoms with Crippen LogP contribution in [0.25, 0.3) is 0 Å². The highest BCUT2D eigenvalue weighted by Gasteiger charge is 2.13. The SMILES string of the molecule is O=C(CCn1cc([N+](=O)[O-])cn1)NN(Cc1ccccc1)c1ccccc1. The second-order valence-corrected chi connectivity index (χ2v) is 5.91. The first-order valence-electron chi connectivity index (χ1n) is 8.44. The summed E-state index contributed by atoms with van der Waals surface area (Å²) in [5.74, 6) is -0.201. The van der Waals surface area contributed by atoms with E-state index in [1.165, 1.54) is 17.1 Å². The number of amides is 1. The molecule has 0 aliphatic rings. The first-order chi connectivity index (χ1) is 13.1. The predicted octanol–water partition coefficient (Wildman–Crippen LogP) is 2.92. The van der Waals surface area contributed by atoms with Gasteiger partial charge in [0, 0.05) is 6.42 Å². The smallest absolute Gasteiger partial charge is 0.281 e. The summed E-state index contributed by atoms with van der Waals surface area (Å²) in [6.45, 7) is 0.775. The Morgan fingerprint density at radius 2 is 1.78 bits per heavy atom. The molecule has 1 amide bonds. The van der Waals surface area contributed by atoms with Gasteiger partial charge in [-0.3, -0.25) is 30.0 Å². The number of hydrogen-bond acceptors (Lipinski definition) is 5. The van der Waals surface area contributed by atoms with Crippen molar-refractivity contribution in [3.8, 4) is 0 Å². The Hall–Kier alpha value is -3.68. The molecule has 0 bridgehead atoms. The Labute approximate surface area is 156 Å². The van der Waals surface area contributed by atoms with Crippen molar-refractivity contribution in [3.63, 3.8) is 0 Å². The molecule has 0 radical (unpaired) electrons. The third-order valence-corrected chi connectivity index (χ3v) is 3.91. The molecule has 1 heterocycles. The lowest BCUT2D eigenvalue weighted by Crippen LogP contribution is -2.42. The molecule has 0 fully saturated rings. The zero-order valence-electron chi connectivity index (χ0n) is 14.6. The zero-order valence-corrected chi connectivity index (χ0v) is 14.6. The topological polar surface area (TPSA) is 93.3 Å². The molecule has 3 rings (SSSR count). The summed E-state index contributed by atoms with van der Waals surface area (Å²) >= 11 is 0. The van der Waals surface area contributed by atoms with Crippen LogP contribution in [0.3, 0.4) is 0 Å². The number of benzene rings is 2. The molecule has 0 atom stereocenters. The highest BCUT2D eigenvalue weighted by molar-refractivity contribution is 5.77. The fraction of sp³-hybridized carbons (Fsp3) is 0.158. The molecule has 0 unspecified atom stereocenters. The molecule has 8 heteroatoms. The van der Waals surface area contributed by atoms with Crippen molar-refractivity contribution < 1.29 is 9.72 Å². The first kappa shape index (κ1) is 18.1. The summed E-state index contributed by atoms with van der Waals surface area (Å²) < 4.78 is 1.39. The number of aryl methyl sites for hydroxylation is 1. The van der Waals surface area contributed by atoms with Gasteiger partial charge in [-0.1, -0.05) is 48.5 Å². The van der Waals surface area contributed by atoms with Gasteiger partial charge in [0.2, 0.25) is 5.91 Å². The van der Waals surface area contributed by atoms with E-state index in [9.17, 15) is 14.9 Å². The van der Waals surface area contributed by atoms with E-state index >= 15 is 0 Å². The average molecular weight is 365 g/mol. The summed E-state index contributed by atoms with van der Waals surface area (Å²) in [5.41, 5.74) is 4.73. The van der Waals surface area contributed by atoms with Gasteiger partial charge in [-0.15, -0.1) is 0 Å². The van der Waals surface area contributed by atoms with Crippen LogP contribution in [0.15, 0.2) is 73.1 Å². The molecule has 0 aliphatic heterocycles. The summed E-state index contributed by atoms with van der Waals surface area (Å²) in [5, 5.41) is 16.4. The minimum absolute atomic E-state index is 0.0922. The Balaban J connectivity index is 1.64. The van der Waals surface area contributed by atoms with Gasteiger partial charge >= 0.3 is 5.69 Å². The molecule has 0 saturated heterocycles. The molecule has 1 N–H and O–H groups in total. The molecule has 0 spiro atoms. The molecule has 0 saturated carbocycles. The van der Waals surface area contributed by atoms with Crippen LogP contribution >= 0.6 is 0 Å². The number of nitrogens with one attached hydrogen (secondary N) is 1. The molecule has 0 aliphatic carbocycles. The van der Waals surface area contributed by atoms with E-state index in [0.29, 0.717) is 6.54 Å². The fourth-order valence-corrected chi connectivity index (χ4v) is 2.56. The number of nitro groups is 1. The second kappa shape index (κ2) is 8.61. The van der Waals surface area contributed by atoms with Crippen molar-refractivity contribution in [2.45, 2.75) is 19.5 Å². The number of aromatic nitrogens is 2.